The van der Waals surface area contributed by atoms with Crippen LogP contribution < -0.4 is 0 Å². The summed E-state index contributed by atoms with van der Waals surface area (Å²) in [6, 6.07) is 6.87. The molecule has 1 atom stereocenters. The highest BCUT2D eigenvalue weighted by molar-refractivity contribution is 5.34. The Morgan fingerprint density at radius 3 is 3.00 bits per heavy atom. The van der Waals surface area contributed by atoms with Gasteiger partial charge >= 0.3 is 0 Å². The summed E-state index contributed by atoms with van der Waals surface area (Å²) in [6.07, 6.45) is 3.15. The van der Waals surface area contributed by atoms with Gasteiger partial charge < -0.3 is 5.11 Å². The number of aliphatic hydroxyl groups is 1. The van der Waals surface area contributed by atoms with Crippen molar-refractivity contribution in [3.8, 4) is 6.07 Å². The number of benzene rings is 1. The molecule has 18 heavy (non-hydrogen) atoms. The van der Waals surface area contributed by atoms with Crippen molar-refractivity contribution in [2.45, 2.75) is 31.8 Å². The van der Waals surface area contributed by atoms with Crippen LogP contribution in [0.5, 0.6) is 0 Å². The van der Waals surface area contributed by atoms with Gasteiger partial charge in [0.15, 0.2) is 0 Å². The van der Waals surface area contributed by atoms with Crippen molar-refractivity contribution in [3.63, 3.8) is 0 Å². The van der Waals surface area contributed by atoms with E-state index in [4.69, 9.17) is 5.26 Å². The number of rotatable bonds is 3. The summed E-state index contributed by atoms with van der Waals surface area (Å²) in [5.74, 6) is -0.428. The lowest BCUT2D eigenvalue weighted by Crippen LogP contribution is -2.41. The molecular weight excluding hydrogens is 231 g/mol. The highest BCUT2D eigenvalue weighted by atomic mass is 19.1. The minimum absolute atomic E-state index is 0.0880. The smallest absolute Gasteiger partial charge is 0.145 e. The number of nitriles is 1. The monoisotopic (exact) mass is 248 g/mol. The standard InChI is InChI=1S/C14H17FN2O/c15-14-11(8-16)4-3-5-12(14)9-17-7-2-1-6-13(17)10-18/h3-5,13,18H,1-2,6-7,9-10H2. The summed E-state index contributed by atoms with van der Waals surface area (Å²) in [4.78, 5) is 2.10. The Kier molecular flexibility index (Phi) is 4.29. The summed E-state index contributed by atoms with van der Waals surface area (Å²) in [5, 5.41) is 18.1. The average Bonchev–Trinajstić information content (AvgIpc) is 2.42. The molecule has 1 N–H and O–H groups in total. The minimum atomic E-state index is -0.428. The average molecular weight is 248 g/mol. The lowest BCUT2D eigenvalue weighted by molar-refractivity contribution is 0.0832. The molecule has 4 heteroatoms. The fourth-order valence-electron chi connectivity index (χ4n) is 2.48. The topological polar surface area (TPSA) is 47.3 Å². The van der Waals surface area contributed by atoms with Crippen LogP contribution in [-0.4, -0.2) is 29.2 Å². The molecule has 1 aromatic rings. The Labute approximate surface area is 106 Å². The molecule has 0 aromatic heterocycles. The summed E-state index contributed by atoms with van der Waals surface area (Å²) in [6.45, 7) is 1.45. The number of piperidine rings is 1. The molecule has 1 fully saturated rings. The summed E-state index contributed by atoms with van der Waals surface area (Å²) >= 11 is 0. The maximum absolute atomic E-state index is 13.9. The van der Waals surface area contributed by atoms with E-state index in [0.717, 1.165) is 25.8 Å². The largest absolute Gasteiger partial charge is 0.395 e. The predicted octanol–water partition coefficient (Wildman–Crippen LogP) is 2.04. The van der Waals surface area contributed by atoms with Crippen LogP contribution in [-0.2, 0) is 6.54 Å². The molecule has 0 aliphatic carbocycles. The van der Waals surface area contributed by atoms with Crippen LogP contribution in [0.2, 0.25) is 0 Å². The van der Waals surface area contributed by atoms with E-state index < -0.39 is 5.82 Å². The van der Waals surface area contributed by atoms with Crippen molar-refractivity contribution < 1.29 is 9.50 Å². The first-order valence-electron chi connectivity index (χ1n) is 6.28. The van der Waals surface area contributed by atoms with Crippen LogP contribution in [0.4, 0.5) is 4.39 Å². The molecule has 1 aliphatic rings. The summed E-state index contributed by atoms with van der Waals surface area (Å²) in [7, 11) is 0. The molecule has 0 amide bonds. The first-order chi connectivity index (χ1) is 8.76. The van der Waals surface area contributed by atoms with Gasteiger partial charge in [-0.05, 0) is 25.5 Å². The molecule has 1 heterocycles. The van der Waals surface area contributed by atoms with Crippen molar-refractivity contribution >= 4 is 0 Å². The zero-order valence-electron chi connectivity index (χ0n) is 10.3. The van der Waals surface area contributed by atoms with Gasteiger partial charge in [0.2, 0.25) is 0 Å². The Balaban J connectivity index is 2.15. The maximum atomic E-state index is 13.9. The molecule has 1 unspecified atom stereocenters. The molecule has 0 spiro atoms. The fourth-order valence-corrected chi connectivity index (χ4v) is 2.48. The quantitative estimate of drug-likeness (QED) is 0.890. The highest BCUT2D eigenvalue weighted by Crippen LogP contribution is 2.21. The highest BCUT2D eigenvalue weighted by Gasteiger charge is 2.22. The van der Waals surface area contributed by atoms with Crippen molar-refractivity contribution in [1.82, 2.24) is 4.90 Å². The van der Waals surface area contributed by atoms with Gasteiger partial charge in [-0.3, -0.25) is 4.90 Å². The molecule has 1 aromatic carbocycles. The third-order valence-electron chi connectivity index (χ3n) is 3.53. The Hall–Kier alpha value is -1.44. The van der Waals surface area contributed by atoms with Gasteiger partial charge in [0.05, 0.1) is 12.2 Å². The van der Waals surface area contributed by atoms with Gasteiger partial charge in [-0.25, -0.2) is 4.39 Å². The molecule has 0 radical (unpaired) electrons. The van der Waals surface area contributed by atoms with Crippen molar-refractivity contribution in [1.29, 1.82) is 5.26 Å². The molecule has 0 bridgehead atoms. The van der Waals surface area contributed by atoms with Gasteiger partial charge in [-0.15, -0.1) is 0 Å². The van der Waals surface area contributed by atoms with E-state index in [-0.39, 0.29) is 18.2 Å². The Morgan fingerprint density at radius 1 is 1.44 bits per heavy atom. The first-order valence-corrected chi connectivity index (χ1v) is 6.28. The minimum Gasteiger partial charge on any atom is -0.395 e. The second kappa shape index (κ2) is 5.94. The SMILES string of the molecule is N#Cc1cccc(CN2CCCCC2CO)c1F. The maximum Gasteiger partial charge on any atom is 0.145 e. The summed E-state index contributed by atoms with van der Waals surface area (Å²) in [5.41, 5.74) is 0.624. The summed E-state index contributed by atoms with van der Waals surface area (Å²) < 4.78 is 13.9. The number of aliphatic hydroxyl groups excluding tert-OH is 1. The van der Waals surface area contributed by atoms with Crippen LogP contribution >= 0.6 is 0 Å². The first kappa shape index (κ1) is 13.0. The fraction of sp³-hybridized carbons (Fsp3) is 0.500. The molecule has 2 rings (SSSR count). The van der Waals surface area contributed by atoms with E-state index in [1.54, 1.807) is 12.1 Å². The molecule has 96 valence electrons. The van der Waals surface area contributed by atoms with Crippen LogP contribution in [0.15, 0.2) is 18.2 Å². The van der Waals surface area contributed by atoms with Crippen LogP contribution in [0.1, 0.15) is 30.4 Å². The van der Waals surface area contributed by atoms with Gasteiger partial charge in [-0.2, -0.15) is 5.26 Å². The van der Waals surface area contributed by atoms with Crippen molar-refractivity contribution in [2.75, 3.05) is 13.2 Å². The van der Waals surface area contributed by atoms with E-state index in [9.17, 15) is 9.50 Å². The molecule has 1 saturated heterocycles. The van der Waals surface area contributed by atoms with Crippen LogP contribution in [0, 0.1) is 17.1 Å². The van der Waals surface area contributed by atoms with Crippen LogP contribution in [0.25, 0.3) is 0 Å². The van der Waals surface area contributed by atoms with Gasteiger partial charge in [0, 0.05) is 18.2 Å². The number of hydrogen-bond acceptors (Lipinski definition) is 3. The number of likely N-dealkylation sites (tertiary alicyclic amines) is 1. The lowest BCUT2D eigenvalue weighted by atomic mass is 10.0. The zero-order chi connectivity index (χ0) is 13.0. The second-order valence-electron chi connectivity index (χ2n) is 4.69. The van der Waals surface area contributed by atoms with E-state index >= 15 is 0 Å². The van der Waals surface area contributed by atoms with Crippen LogP contribution in [0.3, 0.4) is 0 Å². The molecule has 3 nitrogen and oxygen atoms in total. The van der Waals surface area contributed by atoms with Gasteiger partial charge in [0.1, 0.15) is 11.9 Å². The molecular formula is C14H17FN2O. The normalized spacial score (nSPS) is 20.6. The van der Waals surface area contributed by atoms with Gasteiger partial charge in [0.25, 0.3) is 0 Å². The number of hydrogen-bond donors (Lipinski definition) is 1. The Morgan fingerprint density at radius 2 is 2.28 bits per heavy atom. The molecule has 0 saturated carbocycles. The van der Waals surface area contributed by atoms with Crippen molar-refractivity contribution in [2.24, 2.45) is 0 Å². The van der Waals surface area contributed by atoms with E-state index in [2.05, 4.69) is 4.90 Å². The van der Waals surface area contributed by atoms with Gasteiger partial charge in [-0.1, -0.05) is 18.6 Å². The lowest BCUT2D eigenvalue weighted by Gasteiger charge is -2.34. The third-order valence-corrected chi connectivity index (χ3v) is 3.53. The predicted molar refractivity (Wildman–Crippen MR) is 66.2 cm³/mol. The van der Waals surface area contributed by atoms with E-state index in [0.29, 0.717) is 12.1 Å². The van der Waals surface area contributed by atoms with Crippen molar-refractivity contribution in [3.05, 3.63) is 35.1 Å². The zero-order valence-corrected chi connectivity index (χ0v) is 10.3. The number of nitrogens with zero attached hydrogens (tertiary/aromatic N) is 2. The van der Waals surface area contributed by atoms with E-state index in [1.165, 1.54) is 6.07 Å². The number of halogens is 1. The Bertz CT molecular complexity index is 456. The third kappa shape index (κ3) is 2.69. The molecule has 1 aliphatic heterocycles. The van der Waals surface area contributed by atoms with E-state index in [1.807, 2.05) is 6.07 Å². The second-order valence-corrected chi connectivity index (χ2v) is 4.69.